The normalized spacial score (nSPS) is 14.7. The number of phenolic OH excluding ortho intramolecular Hbond substituents is 1. The maximum atomic E-state index is 9.65. The fourth-order valence-corrected chi connectivity index (χ4v) is 4.80. The minimum absolute atomic E-state index is 0.234. The van der Waals surface area contributed by atoms with Gasteiger partial charge in [0.15, 0.2) is 5.82 Å². The smallest absolute Gasteiger partial charge is 0.170 e. The Labute approximate surface area is 167 Å². The Bertz CT molecular complexity index is 1090. The molecule has 4 aromatic rings. The number of hydrogen-bond donors (Lipinski definition) is 3. The van der Waals surface area contributed by atoms with Crippen molar-refractivity contribution < 1.29 is 5.11 Å². The number of benzene rings is 2. The number of aromatic amines is 1. The van der Waals surface area contributed by atoms with Gasteiger partial charge in [0.1, 0.15) is 5.75 Å². The van der Waals surface area contributed by atoms with E-state index in [1.54, 1.807) is 23.5 Å². The number of fused-ring (bicyclic) bond motifs is 1. The molecule has 1 fully saturated rings. The number of nitrogens with zero attached hydrogens (tertiary/aromatic N) is 2. The summed E-state index contributed by atoms with van der Waals surface area (Å²) in [6.45, 7) is 3.49. The van der Waals surface area contributed by atoms with Crippen molar-refractivity contribution in [2.45, 2.75) is 19.4 Å². The zero-order valence-electron chi connectivity index (χ0n) is 15.5. The highest BCUT2D eigenvalue weighted by Crippen LogP contribution is 2.37. The molecule has 2 aromatic heterocycles. The van der Waals surface area contributed by atoms with Gasteiger partial charge in [-0.1, -0.05) is 30.3 Å². The molecule has 28 heavy (non-hydrogen) atoms. The minimum atomic E-state index is 0.234. The van der Waals surface area contributed by atoms with Gasteiger partial charge in [0.25, 0.3) is 0 Å². The van der Waals surface area contributed by atoms with Crippen LogP contribution in [0.1, 0.15) is 18.4 Å². The lowest BCUT2D eigenvalue weighted by Crippen LogP contribution is -2.18. The van der Waals surface area contributed by atoms with E-state index in [2.05, 4.69) is 50.7 Å². The summed E-state index contributed by atoms with van der Waals surface area (Å²) in [4.78, 5) is 3.74. The second-order valence-electron chi connectivity index (χ2n) is 7.28. The Morgan fingerprint density at radius 3 is 2.68 bits per heavy atom. The van der Waals surface area contributed by atoms with Crippen molar-refractivity contribution >= 4 is 33.1 Å². The summed E-state index contributed by atoms with van der Waals surface area (Å²) < 4.78 is 1.08. The first-order chi connectivity index (χ1) is 13.7. The summed E-state index contributed by atoms with van der Waals surface area (Å²) in [6, 6.07) is 18.1. The maximum absolute atomic E-state index is 9.65. The molecule has 5 nitrogen and oxygen atoms in total. The Morgan fingerprint density at radius 1 is 1.07 bits per heavy atom. The average molecular weight is 391 g/mol. The molecule has 0 saturated carbocycles. The summed E-state index contributed by atoms with van der Waals surface area (Å²) in [6.07, 6.45) is 2.65. The van der Waals surface area contributed by atoms with Crippen molar-refractivity contribution in [3.63, 3.8) is 0 Å². The quantitative estimate of drug-likeness (QED) is 0.431. The number of rotatable bonds is 5. The molecule has 0 spiro atoms. The average Bonchev–Trinajstić information content (AvgIpc) is 3.42. The third kappa shape index (κ3) is 3.48. The van der Waals surface area contributed by atoms with E-state index in [1.807, 2.05) is 12.1 Å². The Kier molecular flexibility index (Phi) is 4.50. The summed E-state index contributed by atoms with van der Waals surface area (Å²) in [7, 11) is 0. The number of anilines is 2. The largest absolute Gasteiger partial charge is 0.508 e. The fraction of sp³-hybridized carbons (Fsp3) is 0.227. The summed E-state index contributed by atoms with van der Waals surface area (Å²) in [5.41, 5.74) is 4.43. The van der Waals surface area contributed by atoms with E-state index >= 15 is 0 Å². The van der Waals surface area contributed by atoms with E-state index in [9.17, 15) is 5.11 Å². The molecule has 0 unspecified atom stereocenters. The molecule has 3 heterocycles. The lowest BCUT2D eigenvalue weighted by atomic mass is 10.1. The topological polar surface area (TPSA) is 64.2 Å². The van der Waals surface area contributed by atoms with Crippen LogP contribution in [0.25, 0.3) is 20.7 Å². The van der Waals surface area contributed by atoms with Crippen LogP contribution in [-0.2, 0) is 6.54 Å². The van der Waals surface area contributed by atoms with Gasteiger partial charge in [0, 0.05) is 23.2 Å². The predicted octanol–water partition coefficient (Wildman–Crippen LogP) is 5.34. The van der Waals surface area contributed by atoms with Crippen LogP contribution in [0, 0.1) is 0 Å². The fourth-order valence-electron chi connectivity index (χ4n) is 3.74. The van der Waals surface area contributed by atoms with Gasteiger partial charge in [0.2, 0.25) is 0 Å². The first-order valence-corrected chi connectivity index (χ1v) is 10.4. The third-order valence-electron chi connectivity index (χ3n) is 5.19. The number of hydrogen-bond acceptors (Lipinski definition) is 5. The molecular formula is C22H22N4OS. The van der Waals surface area contributed by atoms with Gasteiger partial charge in [-0.3, -0.25) is 10.00 Å². The number of likely N-dealkylation sites (tertiary alicyclic amines) is 1. The lowest BCUT2D eigenvalue weighted by molar-refractivity contribution is 0.331. The van der Waals surface area contributed by atoms with Crippen molar-refractivity contribution in [2.75, 3.05) is 18.4 Å². The zero-order valence-corrected chi connectivity index (χ0v) is 16.3. The second kappa shape index (κ2) is 7.30. The van der Waals surface area contributed by atoms with Crippen LogP contribution >= 0.6 is 11.3 Å². The Balaban J connectivity index is 1.37. The molecule has 0 atom stereocenters. The molecule has 1 aliphatic heterocycles. The van der Waals surface area contributed by atoms with E-state index in [0.717, 1.165) is 28.3 Å². The van der Waals surface area contributed by atoms with Crippen LogP contribution in [0.3, 0.4) is 0 Å². The standard InChI is InChI=1S/C22H22N4OS/c27-18-5-3-4-17(12-18)23-22-21-19(24-25-22)13-20(28-21)16-8-6-15(7-9-16)14-26-10-1-2-11-26/h3-9,12-13,27H,1-2,10-11,14H2,(H2,23,24,25). The van der Waals surface area contributed by atoms with Crippen LogP contribution in [0.2, 0.25) is 0 Å². The number of thiophene rings is 1. The van der Waals surface area contributed by atoms with Crippen molar-refractivity contribution in [1.82, 2.24) is 15.1 Å². The van der Waals surface area contributed by atoms with Gasteiger partial charge in [-0.2, -0.15) is 5.10 Å². The number of nitrogens with one attached hydrogen (secondary N) is 2. The number of aromatic hydroxyl groups is 1. The number of H-pyrrole nitrogens is 1. The first-order valence-electron chi connectivity index (χ1n) is 9.60. The highest BCUT2D eigenvalue weighted by Gasteiger charge is 2.14. The molecule has 1 saturated heterocycles. The van der Waals surface area contributed by atoms with Gasteiger partial charge in [-0.15, -0.1) is 11.3 Å². The van der Waals surface area contributed by atoms with Crippen molar-refractivity contribution in [2.24, 2.45) is 0 Å². The van der Waals surface area contributed by atoms with Crippen molar-refractivity contribution in [3.05, 3.63) is 60.2 Å². The third-order valence-corrected chi connectivity index (χ3v) is 6.38. The molecule has 142 valence electrons. The van der Waals surface area contributed by atoms with Crippen LogP contribution in [0.5, 0.6) is 5.75 Å². The molecule has 0 aliphatic carbocycles. The second-order valence-corrected chi connectivity index (χ2v) is 8.33. The Hall–Kier alpha value is -2.83. The molecular weight excluding hydrogens is 368 g/mol. The molecule has 6 heteroatoms. The van der Waals surface area contributed by atoms with Crippen molar-refractivity contribution in [1.29, 1.82) is 0 Å². The van der Waals surface area contributed by atoms with Crippen LogP contribution < -0.4 is 5.32 Å². The Morgan fingerprint density at radius 2 is 1.89 bits per heavy atom. The van der Waals surface area contributed by atoms with E-state index in [4.69, 9.17) is 0 Å². The molecule has 5 rings (SSSR count). The maximum Gasteiger partial charge on any atom is 0.170 e. The van der Waals surface area contributed by atoms with E-state index < -0.39 is 0 Å². The van der Waals surface area contributed by atoms with Gasteiger partial charge in [0.05, 0.1) is 10.2 Å². The SMILES string of the molecule is Oc1cccc(Nc2n[nH]c3cc(-c4ccc(CN5CCCC5)cc4)sc23)c1. The van der Waals surface area contributed by atoms with E-state index in [1.165, 1.54) is 41.9 Å². The van der Waals surface area contributed by atoms with Gasteiger partial charge in [-0.05, 0) is 55.3 Å². The van der Waals surface area contributed by atoms with E-state index in [0.29, 0.717) is 0 Å². The van der Waals surface area contributed by atoms with Gasteiger partial charge >= 0.3 is 0 Å². The highest BCUT2D eigenvalue weighted by atomic mass is 32.1. The van der Waals surface area contributed by atoms with Crippen molar-refractivity contribution in [3.8, 4) is 16.2 Å². The summed E-state index contributed by atoms with van der Waals surface area (Å²) >= 11 is 1.72. The number of phenols is 1. The molecule has 0 radical (unpaired) electrons. The molecule has 1 aliphatic rings. The molecule has 2 aromatic carbocycles. The van der Waals surface area contributed by atoms with Crippen LogP contribution in [0.4, 0.5) is 11.5 Å². The monoisotopic (exact) mass is 390 g/mol. The molecule has 0 bridgehead atoms. The van der Waals surface area contributed by atoms with Crippen LogP contribution in [-0.4, -0.2) is 33.3 Å². The van der Waals surface area contributed by atoms with Crippen LogP contribution in [0.15, 0.2) is 54.6 Å². The lowest BCUT2D eigenvalue weighted by Gasteiger charge is -2.14. The molecule has 3 N–H and O–H groups in total. The van der Waals surface area contributed by atoms with E-state index in [-0.39, 0.29) is 5.75 Å². The molecule has 0 amide bonds. The first kappa shape index (κ1) is 17.3. The minimum Gasteiger partial charge on any atom is -0.508 e. The number of aromatic nitrogens is 2. The zero-order chi connectivity index (χ0) is 18.9. The van der Waals surface area contributed by atoms with Gasteiger partial charge < -0.3 is 10.4 Å². The predicted molar refractivity (Wildman–Crippen MR) is 115 cm³/mol. The highest BCUT2D eigenvalue weighted by molar-refractivity contribution is 7.22. The van der Waals surface area contributed by atoms with Gasteiger partial charge in [-0.25, -0.2) is 0 Å². The summed E-state index contributed by atoms with van der Waals surface area (Å²) in [5, 5.41) is 20.4. The summed E-state index contributed by atoms with van der Waals surface area (Å²) in [5.74, 6) is 1.01.